The Balaban J connectivity index is 1.61. The Labute approximate surface area is 167 Å². The molecule has 0 aliphatic carbocycles. The maximum Gasteiger partial charge on any atom is 0.329 e. The molecule has 148 valence electrons. The molecule has 0 atom stereocenters. The van der Waals surface area contributed by atoms with Crippen LogP contribution in [0.15, 0.2) is 60.0 Å². The average molecular weight is 393 g/mol. The topological polar surface area (TPSA) is 88.4 Å². The molecule has 1 aromatic carbocycles. The van der Waals surface area contributed by atoms with Gasteiger partial charge in [-0.15, -0.1) is 0 Å². The molecule has 3 aromatic rings. The van der Waals surface area contributed by atoms with Crippen molar-refractivity contribution >= 4 is 18.0 Å². The summed E-state index contributed by atoms with van der Waals surface area (Å²) >= 11 is 0. The first-order chi connectivity index (χ1) is 14.0. The molecule has 0 aliphatic heterocycles. The smallest absolute Gasteiger partial charge is 0.329 e. The molecule has 2 amide bonds. The molecule has 8 heteroatoms. The van der Waals surface area contributed by atoms with Crippen LogP contribution in [0.3, 0.4) is 0 Å². The second kappa shape index (κ2) is 8.92. The van der Waals surface area contributed by atoms with Gasteiger partial charge in [-0.25, -0.2) is 9.82 Å². The zero-order valence-corrected chi connectivity index (χ0v) is 16.0. The van der Waals surface area contributed by atoms with Gasteiger partial charge in [0.25, 0.3) is 0 Å². The molecule has 0 saturated heterocycles. The molecule has 0 saturated carbocycles. The van der Waals surface area contributed by atoms with Gasteiger partial charge in [0.15, 0.2) is 0 Å². The third-order valence-electron chi connectivity index (χ3n) is 4.31. The van der Waals surface area contributed by atoms with Crippen LogP contribution >= 0.6 is 0 Å². The van der Waals surface area contributed by atoms with Gasteiger partial charge in [0.05, 0.1) is 6.21 Å². The first-order valence-electron chi connectivity index (χ1n) is 8.90. The summed E-state index contributed by atoms with van der Waals surface area (Å²) in [5.41, 5.74) is 6.38. The number of amides is 2. The van der Waals surface area contributed by atoms with Crippen molar-refractivity contribution in [3.8, 4) is 5.69 Å². The van der Waals surface area contributed by atoms with Gasteiger partial charge >= 0.3 is 11.8 Å². The Bertz CT molecular complexity index is 1040. The predicted octanol–water partition coefficient (Wildman–Crippen LogP) is 2.39. The standard InChI is InChI=1S/C21H20FN5O2/c1-14-10-17(15(2)27(14)19-7-5-18(22)6-8-19)13-25-26-21(29)20(28)24-12-16-4-3-9-23-11-16/h3-11,13H,12H2,1-2H3,(H,24,28)(H,26,29)/b25-13-. The number of aryl methyl sites for hydroxylation is 1. The fourth-order valence-corrected chi connectivity index (χ4v) is 2.88. The number of hydrogen-bond acceptors (Lipinski definition) is 4. The summed E-state index contributed by atoms with van der Waals surface area (Å²) in [6.07, 6.45) is 4.70. The Kier molecular flexibility index (Phi) is 6.13. The number of pyridine rings is 1. The molecular formula is C21H20FN5O2. The van der Waals surface area contributed by atoms with Crippen molar-refractivity contribution in [2.45, 2.75) is 20.4 Å². The second-order valence-electron chi connectivity index (χ2n) is 6.38. The van der Waals surface area contributed by atoms with E-state index in [1.165, 1.54) is 18.3 Å². The molecule has 7 nitrogen and oxygen atoms in total. The van der Waals surface area contributed by atoms with Crippen LogP contribution in [0.1, 0.15) is 22.5 Å². The number of aromatic nitrogens is 2. The number of nitrogens with zero attached hydrogens (tertiary/aromatic N) is 3. The van der Waals surface area contributed by atoms with Crippen LogP contribution < -0.4 is 10.7 Å². The van der Waals surface area contributed by atoms with E-state index in [-0.39, 0.29) is 12.4 Å². The van der Waals surface area contributed by atoms with Gasteiger partial charge in [0.1, 0.15) is 5.82 Å². The van der Waals surface area contributed by atoms with Crippen LogP contribution in [-0.2, 0) is 16.1 Å². The lowest BCUT2D eigenvalue weighted by atomic mass is 10.2. The summed E-state index contributed by atoms with van der Waals surface area (Å²) in [4.78, 5) is 27.7. The number of benzene rings is 1. The Morgan fingerprint density at radius 3 is 2.62 bits per heavy atom. The first-order valence-corrected chi connectivity index (χ1v) is 8.90. The van der Waals surface area contributed by atoms with E-state index >= 15 is 0 Å². The number of hydrazone groups is 1. The lowest BCUT2D eigenvalue weighted by Gasteiger charge is -2.09. The quantitative estimate of drug-likeness (QED) is 0.396. The highest BCUT2D eigenvalue weighted by molar-refractivity contribution is 6.35. The summed E-state index contributed by atoms with van der Waals surface area (Å²) in [6.45, 7) is 4.00. The molecule has 2 heterocycles. The van der Waals surface area contributed by atoms with Crippen molar-refractivity contribution < 1.29 is 14.0 Å². The van der Waals surface area contributed by atoms with Gasteiger partial charge in [-0.2, -0.15) is 5.10 Å². The van der Waals surface area contributed by atoms with Gasteiger partial charge < -0.3 is 9.88 Å². The average Bonchev–Trinajstić information content (AvgIpc) is 3.01. The molecular weight excluding hydrogens is 373 g/mol. The zero-order valence-electron chi connectivity index (χ0n) is 16.0. The van der Waals surface area contributed by atoms with Crippen LogP contribution in [0, 0.1) is 19.7 Å². The molecule has 0 unspecified atom stereocenters. The third kappa shape index (κ3) is 4.92. The number of carbonyl (C=O) groups is 2. The number of nitrogens with one attached hydrogen (secondary N) is 2. The van der Waals surface area contributed by atoms with E-state index in [0.29, 0.717) is 0 Å². The minimum absolute atomic E-state index is 0.197. The van der Waals surface area contributed by atoms with E-state index in [4.69, 9.17) is 0 Å². The SMILES string of the molecule is Cc1cc(/C=N\NC(=O)C(=O)NCc2cccnc2)c(C)n1-c1ccc(F)cc1. The highest BCUT2D eigenvalue weighted by atomic mass is 19.1. The Morgan fingerprint density at radius 2 is 1.93 bits per heavy atom. The van der Waals surface area contributed by atoms with Crippen molar-refractivity contribution in [1.29, 1.82) is 0 Å². The molecule has 29 heavy (non-hydrogen) atoms. The maximum atomic E-state index is 13.2. The van der Waals surface area contributed by atoms with Crippen LogP contribution in [0.5, 0.6) is 0 Å². The fourth-order valence-electron chi connectivity index (χ4n) is 2.88. The number of rotatable bonds is 5. The summed E-state index contributed by atoms with van der Waals surface area (Å²) < 4.78 is 15.1. The van der Waals surface area contributed by atoms with E-state index in [9.17, 15) is 14.0 Å². The van der Waals surface area contributed by atoms with Crippen molar-refractivity contribution in [2.75, 3.05) is 0 Å². The summed E-state index contributed by atoms with van der Waals surface area (Å²) in [5.74, 6) is -1.96. The van der Waals surface area contributed by atoms with Gasteiger partial charge in [0, 0.05) is 41.6 Å². The minimum atomic E-state index is -0.863. The van der Waals surface area contributed by atoms with E-state index in [1.54, 1.807) is 36.7 Å². The molecule has 0 radical (unpaired) electrons. The maximum absolute atomic E-state index is 13.2. The highest BCUT2D eigenvalue weighted by Gasteiger charge is 2.13. The summed E-state index contributed by atoms with van der Waals surface area (Å²) in [7, 11) is 0. The monoisotopic (exact) mass is 393 g/mol. The van der Waals surface area contributed by atoms with E-state index < -0.39 is 11.8 Å². The summed E-state index contributed by atoms with van der Waals surface area (Å²) in [6, 6.07) is 11.6. The molecule has 3 rings (SSSR count). The van der Waals surface area contributed by atoms with Gasteiger partial charge in [-0.1, -0.05) is 6.07 Å². The molecule has 0 bridgehead atoms. The lowest BCUT2D eigenvalue weighted by molar-refractivity contribution is -0.139. The van der Waals surface area contributed by atoms with Gasteiger partial charge in [-0.3, -0.25) is 14.6 Å². The predicted molar refractivity (Wildman–Crippen MR) is 107 cm³/mol. The Morgan fingerprint density at radius 1 is 1.17 bits per heavy atom. The van der Waals surface area contributed by atoms with Crippen molar-refractivity contribution in [1.82, 2.24) is 20.3 Å². The normalized spacial score (nSPS) is 10.9. The minimum Gasteiger partial charge on any atom is -0.344 e. The van der Waals surface area contributed by atoms with Crippen LogP contribution in [0.2, 0.25) is 0 Å². The molecule has 0 spiro atoms. The van der Waals surface area contributed by atoms with Crippen LogP contribution in [-0.4, -0.2) is 27.6 Å². The van der Waals surface area contributed by atoms with Crippen LogP contribution in [0.25, 0.3) is 5.69 Å². The molecule has 0 aliphatic rings. The van der Waals surface area contributed by atoms with Crippen molar-refractivity contribution in [3.05, 3.63) is 83.2 Å². The molecule has 0 fully saturated rings. The first kappa shape index (κ1) is 19.9. The van der Waals surface area contributed by atoms with Gasteiger partial charge in [0.2, 0.25) is 0 Å². The number of carbonyl (C=O) groups excluding carboxylic acids is 2. The third-order valence-corrected chi connectivity index (χ3v) is 4.31. The van der Waals surface area contributed by atoms with Crippen molar-refractivity contribution in [3.63, 3.8) is 0 Å². The highest BCUT2D eigenvalue weighted by Crippen LogP contribution is 2.19. The largest absolute Gasteiger partial charge is 0.344 e. The van der Waals surface area contributed by atoms with Gasteiger partial charge in [-0.05, 0) is 55.8 Å². The molecule has 2 aromatic heterocycles. The van der Waals surface area contributed by atoms with Crippen LogP contribution in [0.4, 0.5) is 4.39 Å². The number of halogens is 1. The molecule has 2 N–H and O–H groups in total. The van der Waals surface area contributed by atoms with Crippen molar-refractivity contribution in [2.24, 2.45) is 5.10 Å². The zero-order chi connectivity index (χ0) is 20.8. The van der Waals surface area contributed by atoms with E-state index in [2.05, 4.69) is 20.8 Å². The fraction of sp³-hybridized carbons (Fsp3) is 0.143. The Hall–Kier alpha value is -3.81. The number of hydrogen-bond donors (Lipinski definition) is 2. The van der Waals surface area contributed by atoms with E-state index in [1.807, 2.05) is 24.5 Å². The lowest BCUT2D eigenvalue weighted by Crippen LogP contribution is -2.37. The second-order valence-corrected chi connectivity index (χ2v) is 6.38. The summed E-state index contributed by atoms with van der Waals surface area (Å²) in [5, 5.41) is 6.37. The van der Waals surface area contributed by atoms with E-state index in [0.717, 1.165) is 28.2 Å².